The number of pyridine rings is 1. The second-order valence-corrected chi connectivity index (χ2v) is 7.84. The zero-order valence-corrected chi connectivity index (χ0v) is 16.1. The van der Waals surface area contributed by atoms with Crippen molar-refractivity contribution >= 4 is 17.2 Å². The Balaban J connectivity index is 1.72. The number of hydrogen-bond donors (Lipinski definition) is 2. The SMILES string of the molecule is COc1ccc(-c2nc3c(s2)CC(C(=O)NO)(c2cccc(F)c2C)C3)nc1. The molecular formula is C20H18FN3O3S. The minimum absolute atomic E-state index is 0.283. The summed E-state index contributed by atoms with van der Waals surface area (Å²) in [6, 6.07) is 8.32. The van der Waals surface area contributed by atoms with Crippen molar-refractivity contribution in [2.45, 2.75) is 25.2 Å². The second kappa shape index (κ2) is 6.96. The van der Waals surface area contributed by atoms with Gasteiger partial charge in [-0.05, 0) is 36.2 Å². The Morgan fingerprint density at radius 1 is 1.32 bits per heavy atom. The molecule has 8 heteroatoms. The third-order valence-corrected chi connectivity index (χ3v) is 6.34. The Labute approximate surface area is 165 Å². The van der Waals surface area contributed by atoms with Crippen molar-refractivity contribution in [2.75, 3.05) is 7.11 Å². The topological polar surface area (TPSA) is 84.3 Å². The highest BCUT2D eigenvalue weighted by Gasteiger charge is 2.48. The van der Waals surface area contributed by atoms with E-state index in [9.17, 15) is 14.4 Å². The molecule has 0 fully saturated rings. The molecule has 2 aromatic heterocycles. The molecule has 6 nitrogen and oxygen atoms in total. The standard InChI is InChI=1S/C20H18FN3O3S/c1-11-13(4-3-5-14(11)21)20(19(25)24-26)8-16-17(9-20)28-18(23-16)15-7-6-12(27-2)10-22-15/h3-7,10,26H,8-9H2,1-2H3,(H,24,25). The van der Waals surface area contributed by atoms with E-state index in [0.717, 1.165) is 21.3 Å². The van der Waals surface area contributed by atoms with E-state index in [4.69, 9.17) is 4.74 Å². The number of thiazole rings is 1. The number of ether oxygens (including phenoxy) is 1. The molecule has 0 saturated carbocycles. The monoisotopic (exact) mass is 399 g/mol. The Morgan fingerprint density at radius 2 is 2.14 bits per heavy atom. The predicted molar refractivity (Wildman–Crippen MR) is 102 cm³/mol. The van der Waals surface area contributed by atoms with Crippen LogP contribution in [-0.4, -0.2) is 28.2 Å². The van der Waals surface area contributed by atoms with Crippen molar-refractivity contribution in [1.82, 2.24) is 15.4 Å². The molecule has 0 saturated heterocycles. The highest BCUT2D eigenvalue weighted by molar-refractivity contribution is 7.15. The largest absolute Gasteiger partial charge is 0.495 e. The van der Waals surface area contributed by atoms with Gasteiger partial charge in [0.15, 0.2) is 0 Å². The number of nitrogens with zero attached hydrogens (tertiary/aromatic N) is 2. The van der Waals surface area contributed by atoms with Gasteiger partial charge in [-0.2, -0.15) is 0 Å². The fraction of sp³-hybridized carbons (Fsp3) is 0.250. The average molecular weight is 399 g/mol. The van der Waals surface area contributed by atoms with Crippen LogP contribution in [0.15, 0.2) is 36.5 Å². The first kappa shape index (κ1) is 18.5. The molecule has 2 heterocycles. The molecule has 0 radical (unpaired) electrons. The van der Waals surface area contributed by atoms with Gasteiger partial charge in [-0.3, -0.25) is 10.0 Å². The van der Waals surface area contributed by atoms with Crippen LogP contribution in [0.2, 0.25) is 0 Å². The fourth-order valence-electron chi connectivity index (χ4n) is 3.73. The van der Waals surface area contributed by atoms with E-state index in [1.165, 1.54) is 17.4 Å². The van der Waals surface area contributed by atoms with E-state index in [1.54, 1.807) is 37.8 Å². The number of halogens is 1. The van der Waals surface area contributed by atoms with Crippen LogP contribution in [0.1, 0.15) is 21.7 Å². The number of carbonyl (C=O) groups is 1. The molecule has 4 rings (SSSR count). The lowest BCUT2D eigenvalue weighted by Gasteiger charge is -2.28. The molecule has 0 spiro atoms. The summed E-state index contributed by atoms with van der Waals surface area (Å²) in [7, 11) is 1.58. The van der Waals surface area contributed by atoms with Gasteiger partial charge in [0.1, 0.15) is 16.6 Å². The van der Waals surface area contributed by atoms with Crippen LogP contribution in [0.4, 0.5) is 4.39 Å². The normalized spacial score (nSPS) is 18.0. The summed E-state index contributed by atoms with van der Waals surface area (Å²) in [6.07, 6.45) is 2.25. The molecular weight excluding hydrogens is 381 g/mol. The van der Waals surface area contributed by atoms with Gasteiger partial charge in [-0.1, -0.05) is 12.1 Å². The van der Waals surface area contributed by atoms with Crippen molar-refractivity contribution in [3.05, 3.63) is 64.0 Å². The smallest absolute Gasteiger partial charge is 0.254 e. The lowest BCUT2D eigenvalue weighted by Crippen LogP contribution is -2.44. The van der Waals surface area contributed by atoms with Crippen LogP contribution in [-0.2, 0) is 23.1 Å². The van der Waals surface area contributed by atoms with Gasteiger partial charge in [0.2, 0.25) is 0 Å². The van der Waals surface area contributed by atoms with Crippen LogP contribution in [0, 0.1) is 12.7 Å². The summed E-state index contributed by atoms with van der Waals surface area (Å²) in [5, 5.41) is 10.1. The molecule has 1 unspecified atom stereocenters. The average Bonchev–Trinajstić information content (AvgIpc) is 3.26. The van der Waals surface area contributed by atoms with Crippen molar-refractivity contribution < 1.29 is 19.1 Å². The van der Waals surface area contributed by atoms with Gasteiger partial charge >= 0.3 is 0 Å². The first-order chi connectivity index (χ1) is 13.5. The molecule has 1 aliphatic carbocycles. The molecule has 28 heavy (non-hydrogen) atoms. The third-order valence-electron chi connectivity index (χ3n) is 5.22. The molecule has 144 valence electrons. The Kier molecular flexibility index (Phi) is 4.60. The number of rotatable bonds is 4. The first-order valence-corrected chi connectivity index (χ1v) is 9.49. The summed E-state index contributed by atoms with van der Waals surface area (Å²) in [5.41, 5.74) is 3.14. The minimum Gasteiger partial charge on any atom is -0.495 e. The van der Waals surface area contributed by atoms with Crippen molar-refractivity contribution in [1.29, 1.82) is 0 Å². The summed E-state index contributed by atoms with van der Waals surface area (Å²) < 4.78 is 19.3. The van der Waals surface area contributed by atoms with Crippen molar-refractivity contribution in [2.24, 2.45) is 0 Å². The lowest BCUT2D eigenvalue weighted by atomic mass is 9.75. The quantitative estimate of drug-likeness (QED) is 0.520. The van der Waals surface area contributed by atoms with E-state index in [-0.39, 0.29) is 12.2 Å². The fourth-order valence-corrected chi connectivity index (χ4v) is 4.89. The molecule has 1 amide bonds. The van der Waals surface area contributed by atoms with Crippen molar-refractivity contribution in [3.8, 4) is 16.5 Å². The summed E-state index contributed by atoms with van der Waals surface area (Å²) in [6.45, 7) is 1.64. The van der Waals surface area contributed by atoms with Gasteiger partial charge in [-0.25, -0.2) is 19.8 Å². The van der Waals surface area contributed by atoms with Crippen LogP contribution in [0.5, 0.6) is 5.75 Å². The summed E-state index contributed by atoms with van der Waals surface area (Å²) in [4.78, 5) is 22.6. The van der Waals surface area contributed by atoms with Gasteiger partial charge in [-0.15, -0.1) is 11.3 Å². The van der Waals surface area contributed by atoms with Crippen LogP contribution in [0.25, 0.3) is 10.7 Å². The highest BCUT2D eigenvalue weighted by Crippen LogP contribution is 2.45. The number of carbonyl (C=O) groups excluding carboxylic acids is 1. The molecule has 0 bridgehead atoms. The number of methoxy groups -OCH3 is 1. The van der Waals surface area contributed by atoms with E-state index in [0.29, 0.717) is 23.3 Å². The van der Waals surface area contributed by atoms with Gasteiger partial charge in [0, 0.05) is 17.7 Å². The Hall–Kier alpha value is -2.84. The maximum atomic E-state index is 14.1. The van der Waals surface area contributed by atoms with Gasteiger partial charge < -0.3 is 4.74 Å². The van der Waals surface area contributed by atoms with Gasteiger partial charge in [0.25, 0.3) is 5.91 Å². The van der Waals surface area contributed by atoms with Crippen molar-refractivity contribution in [3.63, 3.8) is 0 Å². The first-order valence-electron chi connectivity index (χ1n) is 8.67. The van der Waals surface area contributed by atoms with Crippen LogP contribution in [0.3, 0.4) is 0 Å². The zero-order valence-electron chi connectivity index (χ0n) is 15.3. The molecule has 3 aromatic rings. The maximum absolute atomic E-state index is 14.1. The molecule has 1 aliphatic rings. The summed E-state index contributed by atoms with van der Waals surface area (Å²) >= 11 is 1.45. The van der Waals surface area contributed by atoms with E-state index >= 15 is 0 Å². The molecule has 1 aromatic carbocycles. The second-order valence-electron chi connectivity index (χ2n) is 6.76. The number of benzene rings is 1. The van der Waals surface area contributed by atoms with Crippen LogP contribution < -0.4 is 10.2 Å². The number of aromatic nitrogens is 2. The highest BCUT2D eigenvalue weighted by atomic mass is 32.1. The molecule has 1 atom stereocenters. The number of nitrogens with one attached hydrogen (secondary N) is 1. The predicted octanol–water partition coefficient (Wildman–Crippen LogP) is 3.20. The van der Waals surface area contributed by atoms with Crippen LogP contribution >= 0.6 is 11.3 Å². The number of fused-ring (bicyclic) bond motifs is 1. The Bertz CT molecular complexity index is 1030. The maximum Gasteiger partial charge on any atom is 0.254 e. The van der Waals surface area contributed by atoms with E-state index in [1.807, 2.05) is 12.1 Å². The lowest BCUT2D eigenvalue weighted by molar-refractivity contribution is -0.135. The molecule has 0 aliphatic heterocycles. The number of hydroxylamine groups is 1. The minimum atomic E-state index is -1.08. The zero-order chi connectivity index (χ0) is 19.9. The molecule has 2 N–H and O–H groups in total. The third kappa shape index (κ3) is 2.85. The summed E-state index contributed by atoms with van der Waals surface area (Å²) in [5.74, 6) is -0.280. The number of amides is 1. The van der Waals surface area contributed by atoms with E-state index in [2.05, 4.69) is 9.97 Å². The van der Waals surface area contributed by atoms with E-state index < -0.39 is 11.3 Å². The Morgan fingerprint density at radius 3 is 2.79 bits per heavy atom. The van der Waals surface area contributed by atoms with Gasteiger partial charge in [0.05, 0.1) is 30.1 Å². The number of hydrogen-bond acceptors (Lipinski definition) is 6.